The minimum atomic E-state index is -4.86. The molecule has 0 saturated heterocycles. The number of Topliss-reactive ketones (excluding diaryl/α,β-unsaturated/α-hetero) is 1. The summed E-state index contributed by atoms with van der Waals surface area (Å²) in [5, 5.41) is 0. The lowest BCUT2D eigenvalue weighted by Gasteiger charge is -1.98. The summed E-state index contributed by atoms with van der Waals surface area (Å²) in [6.45, 7) is 0. The zero-order valence-electron chi connectivity index (χ0n) is 7.70. The first-order valence-corrected chi connectivity index (χ1v) is 4.02. The van der Waals surface area contributed by atoms with Gasteiger partial charge in [0, 0.05) is 0 Å². The maximum absolute atomic E-state index is 11.1. The molecule has 15 heavy (non-hydrogen) atoms. The van der Waals surface area contributed by atoms with Crippen LogP contribution in [0.4, 0.5) is 13.2 Å². The number of alkyl halides is 3. The molecule has 0 radical (unpaired) electrons. The Kier molecular flexibility index (Phi) is 6.01. The Morgan fingerprint density at radius 3 is 1.47 bits per heavy atom. The summed E-state index contributed by atoms with van der Waals surface area (Å²) in [6, 6.07) is 12.0. The lowest BCUT2D eigenvalue weighted by atomic mass is 10.3. The fourth-order valence-corrected chi connectivity index (χ4v) is 0.576. The van der Waals surface area contributed by atoms with Gasteiger partial charge in [0.05, 0.1) is 6.42 Å². The first kappa shape index (κ1) is 13.4. The molecule has 1 rings (SSSR count). The van der Waals surface area contributed by atoms with Crippen molar-refractivity contribution in [3.8, 4) is 0 Å². The summed E-state index contributed by atoms with van der Waals surface area (Å²) in [5.41, 5.74) is 0. The van der Waals surface area contributed by atoms with Crippen molar-refractivity contribution < 1.29 is 22.8 Å². The second-order valence-electron chi connectivity index (χ2n) is 2.45. The van der Waals surface area contributed by atoms with Crippen LogP contribution in [0.5, 0.6) is 0 Å². The Balaban J connectivity index is 0.000000280. The van der Waals surface area contributed by atoms with E-state index in [1.165, 1.54) is 0 Å². The lowest BCUT2D eigenvalue weighted by molar-refractivity contribution is -0.171. The fraction of sp³-hybridized carbons (Fsp3) is 0.200. The standard InChI is InChI=1S/C6H6.C4H3F3O2/c1-2-4-6-5-3-1;5-4(6,7)3(9)1-2-8/h1-6H;2H,1H2. The molecule has 5 heteroatoms. The normalized spacial score (nSPS) is 9.80. The van der Waals surface area contributed by atoms with Crippen LogP contribution in [-0.4, -0.2) is 18.2 Å². The number of aldehydes is 1. The molecule has 2 nitrogen and oxygen atoms in total. The van der Waals surface area contributed by atoms with E-state index in [1.807, 2.05) is 36.4 Å². The molecular formula is C10H9F3O2. The largest absolute Gasteiger partial charge is 0.450 e. The van der Waals surface area contributed by atoms with Gasteiger partial charge in [-0.05, 0) is 0 Å². The topological polar surface area (TPSA) is 34.1 Å². The van der Waals surface area contributed by atoms with E-state index in [0.29, 0.717) is 0 Å². The van der Waals surface area contributed by atoms with Crippen LogP contribution < -0.4 is 0 Å². The molecule has 1 aromatic rings. The maximum Gasteiger partial charge on any atom is 0.450 e. The number of benzene rings is 1. The third kappa shape index (κ3) is 7.42. The molecule has 0 heterocycles. The predicted molar refractivity (Wildman–Crippen MR) is 48.2 cm³/mol. The molecule has 0 aromatic heterocycles. The Bertz CT molecular complexity index is 267. The van der Waals surface area contributed by atoms with Crippen molar-refractivity contribution in [3.63, 3.8) is 0 Å². The summed E-state index contributed by atoms with van der Waals surface area (Å²) in [5.74, 6) is -2.00. The van der Waals surface area contributed by atoms with Crippen LogP contribution in [-0.2, 0) is 9.59 Å². The number of ketones is 1. The van der Waals surface area contributed by atoms with Gasteiger partial charge in [-0.25, -0.2) is 0 Å². The molecule has 0 bridgehead atoms. The molecule has 0 unspecified atom stereocenters. The fourth-order valence-electron chi connectivity index (χ4n) is 0.576. The van der Waals surface area contributed by atoms with E-state index in [-0.39, 0.29) is 6.29 Å². The summed E-state index contributed by atoms with van der Waals surface area (Å²) in [6.07, 6.45) is -6.01. The molecule has 0 saturated carbocycles. The van der Waals surface area contributed by atoms with Gasteiger partial charge in [0.1, 0.15) is 6.29 Å². The number of halogens is 3. The van der Waals surface area contributed by atoms with Gasteiger partial charge in [0.25, 0.3) is 0 Å². The van der Waals surface area contributed by atoms with Crippen LogP contribution in [0.1, 0.15) is 6.42 Å². The van der Waals surface area contributed by atoms with Gasteiger partial charge in [-0.2, -0.15) is 13.2 Å². The molecule has 0 amide bonds. The van der Waals surface area contributed by atoms with Crippen LogP contribution in [0.15, 0.2) is 36.4 Å². The number of hydrogen-bond acceptors (Lipinski definition) is 2. The van der Waals surface area contributed by atoms with E-state index in [0.717, 1.165) is 0 Å². The van der Waals surface area contributed by atoms with E-state index in [1.54, 1.807) is 0 Å². The van der Waals surface area contributed by atoms with Gasteiger partial charge < -0.3 is 4.79 Å². The first-order valence-electron chi connectivity index (χ1n) is 4.02. The van der Waals surface area contributed by atoms with Crippen molar-refractivity contribution in [1.82, 2.24) is 0 Å². The van der Waals surface area contributed by atoms with Crippen molar-refractivity contribution in [3.05, 3.63) is 36.4 Å². The van der Waals surface area contributed by atoms with Gasteiger partial charge >= 0.3 is 6.18 Å². The number of carbonyl (C=O) groups excluding carboxylic acids is 2. The minimum absolute atomic E-state index is 0.0736. The Labute approximate surface area is 84.7 Å². The van der Waals surface area contributed by atoms with Crippen molar-refractivity contribution >= 4 is 12.1 Å². The average Bonchev–Trinajstić information content (AvgIpc) is 2.20. The summed E-state index contributed by atoms with van der Waals surface area (Å²) in [4.78, 5) is 19.0. The summed E-state index contributed by atoms with van der Waals surface area (Å²) < 4.78 is 33.4. The predicted octanol–water partition coefficient (Wildman–Crippen LogP) is 2.39. The molecule has 1 aromatic carbocycles. The molecule has 0 aliphatic rings. The zero-order chi connectivity index (χ0) is 11.7. The molecule has 0 spiro atoms. The van der Waals surface area contributed by atoms with Crippen LogP contribution in [0, 0.1) is 0 Å². The second-order valence-corrected chi connectivity index (χ2v) is 2.45. The molecule has 82 valence electrons. The highest BCUT2D eigenvalue weighted by Crippen LogP contribution is 2.16. The van der Waals surface area contributed by atoms with E-state index < -0.39 is 18.4 Å². The third-order valence-corrected chi connectivity index (χ3v) is 1.25. The summed E-state index contributed by atoms with van der Waals surface area (Å²) >= 11 is 0. The maximum atomic E-state index is 11.1. The zero-order valence-corrected chi connectivity index (χ0v) is 7.70. The lowest BCUT2D eigenvalue weighted by Crippen LogP contribution is -2.22. The van der Waals surface area contributed by atoms with E-state index in [4.69, 9.17) is 0 Å². The van der Waals surface area contributed by atoms with E-state index >= 15 is 0 Å². The first-order chi connectivity index (χ1) is 6.98. The van der Waals surface area contributed by atoms with Crippen molar-refractivity contribution in [2.75, 3.05) is 0 Å². The van der Waals surface area contributed by atoms with Gasteiger partial charge in [-0.1, -0.05) is 36.4 Å². The van der Waals surface area contributed by atoms with E-state index in [2.05, 4.69) is 0 Å². The van der Waals surface area contributed by atoms with Crippen molar-refractivity contribution in [1.29, 1.82) is 0 Å². The van der Waals surface area contributed by atoms with Crippen LogP contribution in [0.25, 0.3) is 0 Å². The molecule has 0 aliphatic carbocycles. The monoisotopic (exact) mass is 218 g/mol. The summed E-state index contributed by atoms with van der Waals surface area (Å²) in [7, 11) is 0. The van der Waals surface area contributed by atoms with Gasteiger partial charge in [-0.15, -0.1) is 0 Å². The highest BCUT2D eigenvalue weighted by Gasteiger charge is 2.37. The molecule has 0 N–H and O–H groups in total. The van der Waals surface area contributed by atoms with Gasteiger partial charge in [-0.3, -0.25) is 4.79 Å². The third-order valence-electron chi connectivity index (χ3n) is 1.25. The Hall–Kier alpha value is -1.65. The molecule has 0 fully saturated rings. The highest BCUT2D eigenvalue weighted by molar-refractivity contribution is 5.93. The second kappa shape index (κ2) is 6.75. The van der Waals surface area contributed by atoms with Gasteiger partial charge in [0.15, 0.2) is 0 Å². The quantitative estimate of drug-likeness (QED) is 0.564. The Morgan fingerprint density at radius 2 is 1.33 bits per heavy atom. The van der Waals surface area contributed by atoms with E-state index in [9.17, 15) is 22.8 Å². The smallest absolute Gasteiger partial charge is 0.303 e. The number of hydrogen-bond donors (Lipinski definition) is 0. The molecule has 0 aliphatic heterocycles. The van der Waals surface area contributed by atoms with Crippen LogP contribution >= 0.6 is 0 Å². The SMILES string of the molecule is O=CCC(=O)C(F)(F)F.c1ccccc1. The van der Waals surface area contributed by atoms with Crippen molar-refractivity contribution in [2.45, 2.75) is 12.6 Å². The molecular weight excluding hydrogens is 209 g/mol. The highest BCUT2D eigenvalue weighted by atomic mass is 19.4. The van der Waals surface area contributed by atoms with Gasteiger partial charge in [0.2, 0.25) is 5.78 Å². The van der Waals surface area contributed by atoms with Crippen molar-refractivity contribution in [2.24, 2.45) is 0 Å². The number of rotatable bonds is 2. The Morgan fingerprint density at radius 1 is 1.00 bits per heavy atom. The molecule has 0 atom stereocenters. The van der Waals surface area contributed by atoms with Crippen LogP contribution in [0.2, 0.25) is 0 Å². The number of carbonyl (C=O) groups is 2. The average molecular weight is 218 g/mol. The van der Waals surface area contributed by atoms with Crippen LogP contribution in [0.3, 0.4) is 0 Å². The minimum Gasteiger partial charge on any atom is -0.303 e.